The summed E-state index contributed by atoms with van der Waals surface area (Å²) in [5, 5.41) is -0.305. The maximum absolute atomic E-state index is 12.6. The Bertz CT molecular complexity index is 594. The van der Waals surface area contributed by atoms with Crippen molar-refractivity contribution in [1.82, 2.24) is 4.98 Å². The van der Waals surface area contributed by atoms with Gasteiger partial charge in [-0.15, -0.1) is 0 Å². The molecule has 9 heteroatoms. The van der Waals surface area contributed by atoms with Gasteiger partial charge >= 0.3 is 6.18 Å². The van der Waals surface area contributed by atoms with Crippen LogP contribution < -0.4 is 4.90 Å². The minimum atomic E-state index is -4.49. The Labute approximate surface area is 131 Å². The fourth-order valence-electron chi connectivity index (χ4n) is 1.98. The fraction of sp³-hybridized carbons (Fsp3) is 0.417. The third-order valence-electron chi connectivity index (χ3n) is 2.83. The lowest BCUT2D eigenvalue weighted by atomic mass is 10.2. The summed E-state index contributed by atoms with van der Waals surface area (Å²) in [5.74, 6) is -0.124. The molecule has 0 radical (unpaired) electrons. The normalized spacial score (nSPS) is 19.2. The highest BCUT2D eigenvalue weighted by Gasteiger charge is 2.36. The molecule has 1 saturated heterocycles. The molecule has 1 atom stereocenters. The number of hydrogen-bond donors (Lipinski definition) is 0. The van der Waals surface area contributed by atoms with Crippen molar-refractivity contribution < 1.29 is 22.8 Å². The van der Waals surface area contributed by atoms with Crippen LogP contribution in [0.1, 0.15) is 18.9 Å². The Balaban J connectivity index is 2.23. The number of nitrogens with zero attached hydrogens (tertiary/aromatic N) is 2. The Morgan fingerprint density at radius 1 is 1.52 bits per heavy atom. The molecule has 2 heterocycles. The second-order valence-corrected chi connectivity index (χ2v) is 6.80. The van der Waals surface area contributed by atoms with Crippen LogP contribution in [0.4, 0.5) is 19.0 Å². The zero-order valence-corrected chi connectivity index (χ0v) is 13.2. The van der Waals surface area contributed by atoms with E-state index < -0.39 is 11.7 Å². The van der Waals surface area contributed by atoms with Crippen molar-refractivity contribution in [3.8, 4) is 0 Å². The van der Waals surface area contributed by atoms with E-state index in [0.29, 0.717) is 6.20 Å². The highest BCUT2D eigenvalue weighted by Crippen LogP contribution is 2.36. The molecule has 1 unspecified atom stereocenters. The summed E-state index contributed by atoms with van der Waals surface area (Å²) in [5.41, 5.74) is -0.889. The molecule has 1 amide bonds. The number of pyridine rings is 1. The van der Waals surface area contributed by atoms with Crippen LogP contribution in [0.25, 0.3) is 0 Å². The Hall–Kier alpha value is -1.09. The summed E-state index contributed by atoms with van der Waals surface area (Å²) >= 11 is 4.07. The maximum Gasteiger partial charge on any atom is 0.417 e. The van der Waals surface area contributed by atoms with E-state index in [2.05, 4.69) is 20.9 Å². The number of amides is 1. The Kier molecular flexibility index (Phi) is 4.62. The Morgan fingerprint density at radius 2 is 2.19 bits per heavy atom. The van der Waals surface area contributed by atoms with Crippen molar-refractivity contribution in [3.63, 3.8) is 0 Å². The number of aromatic nitrogens is 1. The first-order chi connectivity index (χ1) is 9.68. The van der Waals surface area contributed by atoms with E-state index >= 15 is 0 Å². The fourth-order valence-corrected chi connectivity index (χ4v) is 3.46. The molecular weight excluding hydrogens is 373 g/mol. The number of halogens is 4. The molecule has 21 heavy (non-hydrogen) atoms. The number of rotatable bonds is 2. The highest BCUT2D eigenvalue weighted by molar-refractivity contribution is 9.10. The van der Waals surface area contributed by atoms with Crippen LogP contribution in [0.5, 0.6) is 0 Å². The average Bonchev–Trinajstić information content (AvgIpc) is 2.67. The van der Waals surface area contributed by atoms with E-state index in [4.69, 9.17) is 0 Å². The quantitative estimate of drug-likeness (QED) is 0.787. The lowest BCUT2D eigenvalue weighted by Crippen LogP contribution is -2.26. The van der Waals surface area contributed by atoms with Crippen LogP contribution >= 0.6 is 27.7 Å². The third kappa shape index (κ3) is 3.76. The first-order valence-corrected chi connectivity index (χ1v) is 7.56. The van der Waals surface area contributed by atoms with Crippen molar-refractivity contribution in [2.75, 3.05) is 11.4 Å². The molecular formula is C12H10BrF3N2O2S. The van der Waals surface area contributed by atoms with Gasteiger partial charge in [0.15, 0.2) is 5.12 Å². The van der Waals surface area contributed by atoms with Crippen molar-refractivity contribution in [2.45, 2.75) is 24.8 Å². The minimum absolute atomic E-state index is 0.0964. The lowest BCUT2D eigenvalue weighted by molar-refractivity contribution is -0.137. The number of anilines is 1. The van der Waals surface area contributed by atoms with Gasteiger partial charge in [0.25, 0.3) is 0 Å². The van der Waals surface area contributed by atoms with Gasteiger partial charge in [-0.05, 0) is 22.0 Å². The molecule has 2 rings (SSSR count). The summed E-state index contributed by atoms with van der Waals surface area (Å²) in [6, 6.07) is 0.890. The van der Waals surface area contributed by atoms with Gasteiger partial charge in [-0.1, -0.05) is 11.8 Å². The maximum atomic E-state index is 12.6. The van der Waals surface area contributed by atoms with Gasteiger partial charge in [-0.25, -0.2) is 4.98 Å². The number of hydrogen-bond acceptors (Lipinski definition) is 4. The molecule has 1 aromatic rings. The van der Waals surface area contributed by atoms with E-state index in [-0.39, 0.29) is 39.5 Å². The smallest absolute Gasteiger partial charge is 0.295 e. The zero-order valence-electron chi connectivity index (χ0n) is 10.8. The largest absolute Gasteiger partial charge is 0.417 e. The molecule has 1 fully saturated rings. The van der Waals surface area contributed by atoms with Crippen molar-refractivity contribution in [3.05, 3.63) is 22.3 Å². The summed E-state index contributed by atoms with van der Waals surface area (Å²) in [4.78, 5) is 28.0. The van der Waals surface area contributed by atoms with Crippen LogP contribution in [0.2, 0.25) is 0 Å². The van der Waals surface area contributed by atoms with Gasteiger partial charge in [0.05, 0.1) is 10.0 Å². The molecule has 1 aliphatic heterocycles. The van der Waals surface area contributed by atoms with Crippen molar-refractivity contribution in [1.29, 1.82) is 0 Å². The second kappa shape index (κ2) is 5.96. The van der Waals surface area contributed by atoms with Crippen LogP contribution in [-0.2, 0) is 15.8 Å². The molecule has 1 aliphatic rings. The van der Waals surface area contributed by atoms with Gasteiger partial charge in [0, 0.05) is 31.3 Å². The monoisotopic (exact) mass is 382 g/mol. The SMILES string of the molecule is CC(=O)SC1CC(=O)N(c2ncc(C(F)(F)F)cc2Br)C1. The molecule has 0 aliphatic carbocycles. The average molecular weight is 383 g/mol. The number of alkyl halides is 3. The Morgan fingerprint density at radius 3 is 2.71 bits per heavy atom. The van der Waals surface area contributed by atoms with Crippen molar-refractivity contribution >= 4 is 44.5 Å². The summed E-state index contributed by atoms with van der Waals surface area (Å²) in [6.07, 6.45) is -3.63. The van der Waals surface area contributed by atoms with E-state index in [1.807, 2.05) is 0 Å². The molecule has 0 aromatic carbocycles. The van der Waals surface area contributed by atoms with Gasteiger partial charge in [-0.3, -0.25) is 14.5 Å². The first-order valence-electron chi connectivity index (χ1n) is 5.89. The number of carbonyl (C=O) groups excluding carboxylic acids is 2. The predicted octanol–water partition coefficient (Wildman–Crippen LogP) is 3.25. The van der Waals surface area contributed by atoms with Gasteiger partial charge in [-0.2, -0.15) is 13.2 Å². The van der Waals surface area contributed by atoms with Crippen LogP contribution in [-0.4, -0.2) is 27.8 Å². The van der Waals surface area contributed by atoms with Gasteiger partial charge in [0.2, 0.25) is 5.91 Å². The van der Waals surface area contributed by atoms with E-state index in [9.17, 15) is 22.8 Å². The van der Waals surface area contributed by atoms with Gasteiger partial charge in [0.1, 0.15) is 5.82 Å². The summed E-state index contributed by atoms with van der Waals surface area (Å²) in [6.45, 7) is 1.66. The molecule has 4 nitrogen and oxygen atoms in total. The van der Waals surface area contributed by atoms with Crippen LogP contribution in [0.15, 0.2) is 16.7 Å². The standard InChI is InChI=1S/C12H10BrF3N2O2S/c1-6(19)21-8-3-10(20)18(5-8)11-9(13)2-7(4-17-11)12(14,15)16/h2,4,8H,3,5H2,1H3. The molecule has 1 aromatic heterocycles. The number of thioether (sulfide) groups is 1. The highest BCUT2D eigenvalue weighted by atomic mass is 79.9. The van der Waals surface area contributed by atoms with Crippen LogP contribution in [0, 0.1) is 0 Å². The second-order valence-electron chi connectivity index (χ2n) is 4.47. The molecule has 0 N–H and O–H groups in total. The molecule has 0 saturated carbocycles. The third-order valence-corrected chi connectivity index (χ3v) is 4.39. The predicted molar refractivity (Wildman–Crippen MR) is 76.0 cm³/mol. The van der Waals surface area contributed by atoms with Crippen molar-refractivity contribution in [2.24, 2.45) is 0 Å². The first kappa shape index (κ1) is 16.3. The van der Waals surface area contributed by atoms with E-state index in [1.165, 1.54) is 11.8 Å². The summed E-state index contributed by atoms with van der Waals surface area (Å²) < 4.78 is 37.8. The van der Waals surface area contributed by atoms with Gasteiger partial charge < -0.3 is 0 Å². The van der Waals surface area contributed by atoms with E-state index in [0.717, 1.165) is 17.8 Å². The summed E-state index contributed by atoms with van der Waals surface area (Å²) in [7, 11) is 0. The number of carbonyl (C=O) groups is 2. The zero-order chi connectivity index (χ0) is 15.8. The topological polar surface area (TPSA) is 50.3 Å². The molecule has 0 bridgehead atoms. The van der Waals surface area contributed by atoms with E-state index in [1.54, 1.807) is 0 Å². The minimum Gasteiger partial charge on any atom is -0.295 e. The molecule has 114 valence electrons. The molecule has 0 spiro atoms. The van der Waals surface area contributed by atoms with Crippen LogP contribution in [0.3, 0.4) is 0 Å². The lowest BCUT2D eigenvalue weighted by Gasteiger charge is -2.18.